The molecule has 3 nitrogen and oxygen atoms in total. The van der Waals surface area contributed by atoms with Gasteiger partial charge in [-0.3, -0.25) is 4.99 Å². The van der Waals surface area contributed by atoms with Gasteiger partial charge in [0.05, 0.1) is 6.54 Å². The molecule has 4 rings (SSSR count). The summed E-state index contributed by atoms with van der Waals surface area (Å²) >= 11 is 2.39. The van der Waals surface area contributed by atoms with Crippen molar-refractivity contribution in [1.82, 2.24) is 9.47 Å². The second-order valence-corrected chi connectivity index (χ2v) is 19.0. The van der Waals surface area contributed by atoms with E-state index in [1.165, 1.54) is 65.9 Å². The van der Waals surface area contributed by atoms with E-state index >= 15 is 0 Å². The predicted molar refractivity (Wildman–Crippen MR) is 159 cm³/mol. The molecule has 192 valence electrons. The van der Waals surface area contributed by atoms with Crippen molar-refractivity contribution in [3.8, 4) is 0 Å². The second kappa shape index (κ2) is 11.8. The average molecular weight is 510 g/mol. The van der Waals surface area contributed by atoms with Crippen molar-refractivity contribution >= 4 is 35.2 Å². The number of amidine groups is 1. The van der Waals surface area contributed by atoms with Crippen molar-refractivity contribution in [3.63, 3.8) is 0 Å². The van der Waals surface area contributed by atoms with Gasteiger partial charge in [0.2, 0.25) is 0 Å². The number of rotatable bonds is 11. The van der Waals surface area contributed by atoms with Crippen molar-refractivity contribution in [1.29, 1.82) is 0 Å². The first-order valence-electron chi connectivity index (χ1n) is 14.0. The minimum absolute atomic E-state index is 0.322. The van der Waals surface area contributed by atoms with E-state index in [9.17, 15) is 0 Å². The molecule has 0 spiro atoms. The number of aliphatic imine (C=N–C) groups is 1. The van der Waals surface area contributed by atoms with Crippen LogP contribution in [0.4, 0.5) is 0 Å². The molecule has 35 heavy (non-hydrogen) atoms. The molecule has 2 aromatic rings. The van der Waals surface area contributed by atoms with Gasteiger partial charge in [0, 0.05) is 37.3 Å². The predicted octanol–water partition coefficient (Wildman–Crippen LogP) is 7.63. The highest BCUT2D eigenvalue weighted by atomic mass is 32.4. The molecule has 0 radical (unpaired) electrons. The molecule has 2 aliphatic rings. The summed E-state index contributed by atoms with van der Waals surface area (Å²) < 4.78 is 2.99. The molecule has 1 saturated heterocycles. The van der Waals surface area contributed by atoms with Crippen LogP contribution in [0.5, 0.6) is 0 Å². The summed E-state index contributed by atoms with van der Waals surface area (Å²) in [7, 11) is -1.45. The van der Waals surface area contributed by atoms with Gasteiger partial charge in [-0.25, -0.2) is 0 Å². The first-order chi connectivity index (χ1) is 16.8. The molecule has 0 bridgehead atoms. The maximum atomic E-state index is 5.11. The number of hydrogen-bond donors (Lipinski definition) is 0. The maximum Gasteiger partial charge on any atom is 0.191 e. The summed E-state index contributed by atoms with van der Waals surface area (Å²) in [6.07, 6.45) is 2.78. The molecule has 0 aromatic heterocycles. The monoisotopic (exact) mass is 509 g/mol. The Hall–Kier alpha value is -1.30. The van der Waals surface area contributed by atoms with Gasteiger partial charge < -0.3 is 9.47 Å². The lowest BCUT2D eigenvalue weighted by Gasteiger charge is -2.39. The van der Waals surface area contributed by atoms with Crippen LogP contribution in [-0.4, -0.2) is 60.7 Å². The van der Waals surface area contributed by atoms with Crippen molar-refractivity contribution in [2.45, 2.75) is 78.4 Å². The smallest absolute Gasteiger partial charge is 0.191 e. The Morgan fingerprint density at radius 3 is 2.34 bits per heavy atom. The lowest BCUT2D eigenvalue weighted by Crippen LogP contribution is -2.51. The zero-order chi connectivity index (χ0) is 25.0. The molecule has 0 amide bonds. The molecular weight excluding hydrogens is 463 g/mol. The number of fused-ring (bicyclic) bond motifs is 1. The standard InChI is InChI=1S/C30H47N3SSi/c1-23(2)14-20-35(21-15-24(3)4)32(18-19-34-35)16-17-33-25(5)22-31-30(33)26(6)28-13-9-11-27-10-7-8-12-29(27)28/h7-13,23-26H,14-22H2,1-6H3. The second-order valence-electron chi connectivity index (χ2n) is 11.7. The van der Waals surface area contributed by atoms with E-state index in [0.717, 1.165) is 24.9 Å². The average Bonchev–Trinajstić information content (AvgIpc) is 3.42. The Kier molecular flexibility index (Phi) is 9.04. The molecule has 2 heterocycles. The lowest BCUT2D eigenvalue weighted by molar-refractivity contribution is 0.314. The molecule has 2 aliphatic heterocycles. The highest BCUT2D eigenvalue weighted by Gasteiger charge is 2.44. The summed E-state index contributed by atoms with van der Waals surface area (Å²) in [6.45, 7) is 18.9. The SMILES string of the molecule is CC(C)CC[Si]1(CCC(C)C)SCCN1CCN1C(C(C)c2cccc3ccccc23)=NCC1C. The molecule has 0 aliphatic carbocycles. The van der Waals surface area contributed by atoms with Crippen LogP contribution in [0.3, 0.4) is 0 Å². The molecule has 2 unspecified atom stereocenters. The number of hydrogen-bond acceptors (Lipinski definition) is 4. The molecule has 5 heteroatoms. The van der Waals surface area contributed by atoms with Crippen LogP contribution >= 0.6 is 11.2 Å². The number of nitrogens with zero attached hydrogens (tertiary/aromatic N) is 3. The van der Waals surface area contributed by atoms with Gasteiger partial charge >= 0.3 is 0 Å². The summed E-state index contributed by atoms with van der Waals surface area (Å²) in [6, 6.07) is 19.0. The van der Waals surface area contributed by atoms with Crippen LogP contribution in [0.25, 0.3) is 10.8 Å². The molecule has 2 aromatic carbocycles. The fourth-order valence-corrected chi connectivity index (χ4v) is 15.3. The maximum absolute atomic E-state index is 5.11. The first-order valence-corrected chi connectivity index (χ1v) is 18.1. The van der Waals surface area contributed by atoms with Crippen LogP contribution in [0, 0.1) is 11.8 Å². The third kappa shape index (κ3) is 6.16. The van der Waals surface area contributed by atoms with Gasteiger partial charge in [-0.2, -0.15) is 11.2 Å². The minimum atomic E-state index is -1.45. The van der Waals surface area contributed by atoms with Gasteiger partial charge in [0.15, 0.2) is 7.38 Å². The van der Waals surface area contributed by atoms with Crippen molar-refractivity contribution in [2.24, 2.45) is 16.8 Å². The zero-order valence-electron chi connectivity index (χ0n) is 23.0. The van der Waals surface area contributed by atoms with Crippen molar-refractivity contribution < 1.29 is 0 Å². The van der Waals surface area contributed by atoms with Crippen molar-refractivity contribution in [3.05, 3.63) is 48.0 Å². The summed E-state index contributed by atoms with van der Waals surface area (Å²) in [5.41, 5.74) is 1.41. The van der Waals surface area contributed by atoms with E-state index in [1.54, 1.807) is 0 Å². The van der Waals surface area contributed by atoms with Gasteiger partial charge in [0.25, 0.3) is 0 Å². The Balaban J connectivity index is 1.49. The topological polar surface area (TPSA) is 18.8 Å². The molecule has 2 atom stereocenters. The third-order valence-corrected chi connectivity index (χ3v) is 17.1. The fraction of sp³-hybridized carbons (Fsp3) is 0.633. The molecule has 1 fully saturated rings. The first kappa shape index (κ1) is 26.8. The molecular formula is C30H47N3SSi. The van der Waals surface area contributed by atoms with E-state index in [4.69, 9.17) is 4.99 Å². The van der Waals surface area contributed by atoms with Crippen LogP contribution in [0.2, 0.25) is 12.1 Å². The fourth-order valence-electron chi connectivity index (χ4n) is 5.93. The van der Waals surface area contributed by atoms with Crippen LogP contribution in [0.15, 0.2) is 47.5 Å². The summed E-state index contributed by atoms with van der Waals surface area (Å²) in [5, 5.41) is 2.70. The summed E-state index contributed by atoms with van der Waals surface area (Å²) in [5.74, 6) is 4.58. The normalized spacial score (nSPS) is 21.4. The third-order valence-electron chi connectivity index (χ3n) is 8.16. The van der Waals surface area contributed by atoms with Gasteiger partial charge in [-0.15, -0.1) is 0 Å². The Bertz CT molecular complexity index is 987. The Labute approximate surface area is 219 Å². The van der Waals surface area contributed by atoms with E-state index in [1.807, 2.05) is 0 Å². The molecule has 0 saturated carbocycles. The van der Waals surface area contributed by atoms with Crippen LogP contribution < -0.4 is 0 Å². The van der Waals surface area contributed by atoms with E-state index in [-0.39, 0.29) is 0 Å². The van der Waals surface area contributed by atoms with E-state index in [0.29, 0.717) is 12.0 Å². The number of benzene rings is 2. The quantitative estimate of drug-likeness (QED) is 0.290. The van der Waals surface area contributed by atoms with Gasteiger partial charge in [0.1, 0.15) is 5.84 Å². The van der Waals surface area contributed by atoms with E-state index in [2.05, 4.69) is 105 Å². The van der Waals surface area contributed by atoms with Gasteiger partial charge in [-0.05, 0) is 47.2 Å². The molecule has 0 N–H and O–H groups in total. The Morgan fingerprint density at radius 1 is 0.943 bits per heavy atom. The lowest BCUT2D eigenvalue weighted by atomic mass is 9.93. The van der Waals surface area contributed by atoms with Gasteiger partial charge in [-0.1, -0.05) is 89.9 Å². The largest absolute Gasteiger partial charge is 0.354 e. The van der Waals surface area contributed by atoms with E-state index < -0.39 is 7.38 Å². The highest BCUT2D eigenvalue weighted by molar-refractivity contribution is 8.29. The van der Waals surface area contributed by atoms with Crippen LogP contribution in [-0.2, 0) is 0 Å². The minimum Gasteiger partial charge on any atom is -0.354 e. The summed E-state index contributed by atoms with van der Waals surface area (Å²) in [4.78, 5) is 7.76. The van der Waals surface area contributed by atoms with Crippen molar-refractivity contribution in [2.75, 3.05) is 31.9 Å². The Morgan fingerprint density at radius 2 is 1.63 bits per heavy atom. The van der Waals surface area contributed by atoms with Crippen LogP contribution in [0.1, 0.15) is 65.9 Å². The highest BCUT2D eigenvalue weighted by Crippen LogP contribution is 2.41. The zero-order valence-corrected chi connectivity index (χ0v) is 24.8.